The average molecular weight is 321 g/mol. The Balaban J connectivity index is 1.56. The third-order valence-corrected chi connectivity index (χ3v) is 3.58. The Morgan fingerprint density at radius 1 is 1.12 bits per heavy atom. The van der Waals surface area contributed by atoms with Crippen LogP contribution in [0.25, 0.3) is 11.3 Å². The molecule has 0 radical (unpaired) electrons. The minimum Gasteiger partial charge on any atom is -0.484 e. The Labute approximate surface area is 140 Å². The number of carbonyl (C=O) groups excluding carboxylic acids is 1. The van der Waals surface area contributed by atoms with Crippen LogP contribution in [0.1, 0.15) is 18.8 Å². The van der Waals surface area contributed by atoms with Gasteiger partial charge < -0.3 is 15.0 Å². The van der Waals surface area contributed by atoms with Crippen LogP contribution in [0.2, 0.25) is 0 Å². The molecular weight excluding hydrogens is 302 g/mol. The molecule has 0 spiro atoms. The van der Waals surface area contributed by atoms with E-state index in [-0.39, 0.29) is 18.6 Å². The second kappa shape index (κ2) is 7.46. The van der Waals surface area contributed by atoms with Gasteiger partial charge in [0.1, 0.15) is 11.6 Å². The van der Waals surface area contributed by atoms with Crippen LogP contribution in [0.15, 0.2) is 66.9 Å². The number of nitrogens with one attached hydrogen (secondary N) is 2. The molecule has 0 saturated heterocycles. The number of para-hydroxylation sites is 1. The van der Waals surface area contributed by atoms with E-state index in [0.717, 1.165) is 11.3 Å². The van der Waals surface area contributed by atoms with Gasteiger partial charge in [0.25, 0.3) is 5.91 Å². The first kappa shape index (κ1) is 15.8. The summed E-state index contributed by atoms with van der Waals surface area (Å²) in [4.78, 5) is 19.6. The van der Waals surface area contributed by atoms with Crippen molar-refractivity contribution in [3.63, 3.8) is 0 Å². The van der Waals surface area contributed by atoms with Gasteiger partial charge in [-0.1, -0.05) is 48.5 Å². The highest BCUT2D eigenvalue weighted by atomic mass is 16.5. The number of nitrogens with zero attached hydrogens (tertiary/aromatic N) is 1. The lowest BCUT2D eigenvalue weighted by molar-refractivity contribution is -0.123. The van der Waals surface area contributed by atoms with Gasteiger partial charge in [0.05, 0.1) is 17.9 Å². The molecule has 24 heavy (non-hydrogen) atoms. The minimum absolute atomic E-state index is 0.0272. The largest absolute Gasteiger partial charge is 0.484 e. The van der Waals surface area contributed by atoms with E-state index in [1.54, 1.807) is 6.20 Å². The number of amides is 1. The van der Waals surface area contributed by atoms with E-state index in [4.69, 9.17) is 4.74 Å². The highest BCUT2D eigenvalue weighted by Gasteiger charge is 2.13. The van der Waals surface area contributed by atoms with Crippen molar-refractivity contribution in [2.24, 2.45) is 0 Å². The molecule has 1 atom stereocenters. The van der Waals surface area contributed by atoms with E-state index in [1.165, 1.54) is 0 Å². The number of ether oxygens (including phenoxy) is 1. The number of H-pyrrole nitrogens is 1. The number of hydrogen-bond donors (Lipinski definition) is 2. The zero-order valence-corrected chi connectivity index (χ0v) is 13.4. The van der Waals surface area contributed by atoms with E-state index < -0.39 is 0 Å². The van der Waals surface area contributed by atoms with Crippen LogP contribution in [0.4, 0.5) is 0 Å². The third kappa shape index (κ3) is 4.01. The lowest BCUT2D eigenvalue weighted by Gasteiger charge is -2.12. The van der Waals surface area contributed by atoms with Crippen LogP contribution in [-0.4, -0.2) is 22.5 Å². The summed E-state index contributed by atoms with van der Waals surface area (Å²) in [5, 5.41) is 2.87. The molecule has 5 nitrogen and oxygen atoms in total. The highest BCUT2D eigenvalue weighted by Crippen LogP contribution is 2.18. The molecule has 2 aromatic carbocycles. The maximum absolute atomic E-state index is 12.0. The fraction of sp³-hybridized carbons (Fsp3) is 0.158. The van der Waals surface area contributed by atoms with Crippen molar-refractivity contribution < 1.29 is 9.53 Å². The monoisotopic (exact) mass is 321 g/mol. The van der Waals surface area contributed by atoms with Crippen LogP contribution in [0, 0.1) is 0 Å². The maximum atomic E-state index is 12.0. The molecule has 3 aromatic rings. The number of rotatable bonds is 6. The molecule has 0 aliphatic rings. The van der Waals surface area contributed by atoms with Crippen LogP contribution in [-0.2, 0) is 4.79 Å². The first-order valence-electron chi connectivity index (χ1n) is 7.80. The molecule has 3 rings (SSSR count). The quantitative estimate of drug-likeness (QED) is 0.732. The van der Waals surface area contributed by atoms with E-state index in [2.05, 4.69) is 15.3 Å². The molecular formula is C19H19N3O2. The van der Waals surface area contributed by atoms with E-state index in [0.29, 0.717) is 11.6 Å². The third-order valence-electron chi connectivity index (χ3n) is 3.58. The second-order valence-corrected chi connectivity index (χ2v) is 5.44. The van der Waals surface area contributed by atoms with Crippen LogP contribution in [0.5, 0.6) is 5.75 Å². The highest BCUT2D eigenvalue weighted by molar-refractivity contribution is 5.77. The summed E-state index contributed by atoms with van der Waals surface area (Å²) in [6.07, 6.45) is 1.77. The van der Waals surface area contributed by atoms with Gasteiger partial charge >= 0.3 is 0 Å². The Bertz CT molecular complexity index is 785. The van der Waals surface area contributed by atoms with Gasteiger partial charge in [-0.15, -0.1) is 0 Å². The molecule has 0 fully saturated rings. The summed E-state index contributed by atoms with van der Waals surface area (Å²) >= 11 is 0. The van der Waals surface area contributed by atoms with Crippen molar-refractivity contribution >= 4 is 5.91 Å². The van der Waals surface area contributed by atoms with Crippen molar-refractivity contribution in [3.8, 4) is 17.0 Å². The Kier molecular flexibility index (Phi) is 4.91. The van der Waals surface area contributed by atoms with Crippen LogP contribution >= 0.6 is 0 Å². The van der Waals surface area contributed by atoms with Gasteiger partial charge in [-0.3, -0.25) is 4.79 Å². The topological polar surface area (TPSA) is 67.0 Å². The number of hydrogen-bond acceptors (Lipinski definition) is 3. The summed E-state index contributed by atoms with van der Waals surface area (Å²) in [5.41, 5.74) is 1.98. The van der Waals surface area contributed by atoms with E-state index in [9.17, 15) is 4.79 Å². The molecule has 0 aliphatic carbocycles. The molecule has 2 N–H and O–H groups in total. The Morgan fingerprint density at radius 3 is 2.50 bits per heavy atom. The van der Waals surface area contributed by atoms with Crippen LogP contribution < -0.4 is 10.1 Å². The zero-order valence-electron chi connectivity index (χ0n) is 13.4. The Morgan fingerprint density at radius 2 is 1.79 bits per heavy atom. The second-order valence-electron chi connectivity index (χ2n) is 5.44. The molecule has 122 valence electrons. The minimum atomic E-state index is -0.227. The molecule has 1 aromatic heterocycles. The first-order valence-corrected chi connectivity index (χ1v) is 7.80. The van der Waals surface area contributed by atoms with Crippen molar-refractivity contribution in [1.82, 2.24) is 15.3 Å². The number of aromatic amines is 1. The predicted octanol–water partition coefficient (Wildman–Crippen LogP) is 3.33. The molecule has 1 amide bonds. The average Bonchev–Trinajstić information content (AvgIpc) is 3.12. The summed E-state index contributed by atoms with van der Waals surface area (Å²) in [5.74, 6) is 1.19. The van der Waals surface area contributed by atoms with Crippen molar-refractivity contribution in [1.29, 1.82) is 0 Å². The molecule has 1 heterocycles. The molecule has 0 bridgehead atoms. The summed E-state index contributed by atoms with van der Waals surface area (Å²) in [7, 11) is 0. The molecule has 0 saturated carbocycles. The fourth-order valence-corrected chi connectivity index (χ4v) is 2.34. The van der Waals surface area contributed by atoms with Crippen LogP contribution in [0.3, 0.4) is 0 Å². The molecule has 0 aliphatic heterocycles. The van der Waals surface area contributed by atoms with Gasteiger partial charge in [-0.05, 0) is 24.6 Å². The fourth-order valence-electron chi connectivity index (χ4n) is 2.34. The summed E-state index contributed by atoms with van der Waals surface area (Å²) in [6.45, 7) is 1.86. The van der Waals surface area contributed by atoms with E-state index >= 15 is 0 Å². The standard InChI is InChI=1S/C19H19N3O2/c1-14(21-18(23)13-24-16-10-6-3-7-11-16)19-20-12-17(22-19)15-8-4-2-5-9-15/h2-12,14H,13H2,1H3,(H,20,22)(H,21,23)/t14-/m1/s1. The Hall–Kier alpha value is -3.08. The zero-order chi connectivity index (χ0) is 16.8. The SMILES string of the molecule is C[C@@H](NC(=O)COc1ccccc1)c1ncc(-c2ccccc2)[nH]1. The summed E-state index contributed by atoms with van der Waals surface area (Å²) < 4.78 is 5.44. The number of carbonyl (C=O) groups is 1. The maximum Gasteiger partial charge on any atom is 0.258 e. The smallest absolute Gasteiger partial charge is 0.258 e. The molecule has 0 unspecified atom stereocenters. The van der Waals surface area contributed by atoms with Gasteiger partial charge in [0.15, 0.2) is 6.61 Å². The normalized spacial score (nSPS) is 11.7. The number of aromatic nitrogens is 2. The number of imidazole rings is 1. The lowest BCUT2D eigenvalue weighted by atomic mass is 10.2. The van der Waals surface area contributed by atoms with Gasteiger partial charge in [-0.25, -0.2) is 4.98 Å². The number of benzene rings is 2. The predicted molar refractivity (Wildman–Crippen MR) is 92.5 cm³/mol. The van der Waals surface area contributed by atoms with Crippen molar-refractivity contribution in [3.05, 3.63) is 72.7 Å². The summed E-state index contributed by atoms with van der Waals surface area (Å²) in [6, 6.07) is 19.0. The van der Waals surface area contributed by atoms with E-state index in [1.807, 2.05) is 67.6 Å². The molecule has 5 heteroatoms. The lowest BCUT2D eigenvalue weighted by Crippen LogP contribution is -2.31. The van der Waals surface area contributed by atoms with Gasteiger partial charge in [0.2, 0.25) is 0 Å². The van der Waals surface area contributed by atoms with Crippen molar-refractivity contribution in [2.75, 3.05) is 6.61 Å². The van der Waals surface area contributed by atoms with Gasteiger partial charge in [0, 0.05) is 0 Å². The van der Waals surface area contributed by atoms with Gasteiger partial charge in [-0.2, -0.15) is 0 Å². The first-order chi connectivity index (χ1) is 11.7. The van der Waals surface area contributed by atoms with Crippen molar-refractivity contribution in [2.45, 2.75) is 13.0 Å².